The molecule has 0 aromatic carbocycles. The van der Waals surface area contributed by atoms with Gasteiger partial charge in [-0.3, -0.25) is 0 Å². The van der Waals surface area contributed by atoms with Gasteiger partial charge in [-0.05, 0) is 51.6 Å². The molecule has 0 heterocycles. The van der Waals surface area contributed by atoms with Crippen LogP contribution in [0.5, 0.6) is 0 Å². The van der Waals surface area contributed by atoms with Crippen LogP contribution in [0.4, 0.5) is 0 Å². The molecule has 0 unspecified atom stereocenters. The summed E-state index contributed by atoms with van der Waals surface area (Å²) in [5.74, 6) is 0. The van der Waals surface area contributed by atoms with Crippen molar-refractivity contribution in [1.29, 1.82) is 0 Å². The summed E-state index contributed by atoms with van der Waals surface area (Å²) in [4.78, 5) is 0. The summed E-state index contributed by atoms with van der Waals surface area (Å²) < 4.78 is 5.95. The second-order valence-electron chi connectivity index (χ2n) is 4.39. The molecule has 0 atom stereocenters. The van der Waals surface area contributed by atoms with E-state index in [4.69, 9.17) is 4.74 Å². The Bertz CT molecular complexity index is 143. The number of hydrogen-bond donors (Lipinski definition) is 1. The van der Waals surface area contributed by atoms with Gasteiger partial charge in [-0.25, -0.2) is 0 Å². The Morgan fingerprint density at radius 1 is 1.14 bits per heavy atom. The fourth-order valence-corrected chi connectivity index (χ4v) is 1.97. The lowest BCUT2D eigenvalue weighted by Gasteiger charge is -2.42. The van der Waals surface area contributed by atoms with Crippen LogP contribution in [-0.4, -0.2) is 25.3 Å². The van der Waals surface area contributed by atoms with E-state index in [1.54, 1.807) is 0 Å². The largest absolute Gasteiger partial charge is 0.375 e. The van der Waals surface area contributed by atoms with E-state index in [0.29, 0.717) is 0 Å². The lowest BCUT2D eigenvalue weighted by atomic mass is 9.77. The van der Waals surface area contributed by atoms with Crippen molar-refractivity contribution in [2.45, 2.75) is 58.0 Å². The highest BCUT2D eigenvalue weighted by molar-refractivity contribution is 4.90. The molecule has 2 nitrogen and oxygen atoms in total. The van der Waals surface area contributed by atoms with Crippen molar-refractivity contribution < 1.29 is 4.74 Å². The van der Waals surface area contributed by atoms with Crippen LogP contribution in [-0.2, 0) is 4.74 Å². The van der Waals surface area contributed by atoms with Crippen LogP contribution in [0.2, 0.25) is 0 Å². The fourth-order valence-electron chi connectivity index (χ4n) is 1.97. The topological polar surface area (TPSA) is 21.3 Å². The summed E-state index contributed by atoms with van der Waals surface area (Å²) in [6.45, 7) is 7.59. The van der Waals surface area contributed by atoms with E-state index >= 15 is 0 Å². The second kappa shape index (κ2) is 6.41. The molecule has 0 aliphatic heterocycles. The van der Waals surface area contributed by atoms with Crippen LogP contribution in [0, 0.1) is 0 Å². The van der Waals surface area contributed by atoms with E-state index in [1.165, 1.54) is 32.1 Å². The highest BCUT2D eigenvalue weighted by Crippen LogP contribution is 2.38. The molecule has 0 aromatic heterocycles. The van der Waals surface area contributed by atoms with Crippen molar-refractivity contribution >= 4 is 0 Å². The Kier molecular flexibility index (Phi) is 5.49. The average Bonchev–Trinajstić information content (AvgIpc) is 2.15. The maximum absolute atomic E-state index is 5.95. The summed E-state index contributed by atoms with van der Waals surface area (Å²) in [6.07, 6.45) is 7.49. The first-order valence-electron chi connectivity index (χ1n) is 6.17. The highest BCUT2D eigenvalue weighted by Gasteiger charge is 2.36. The molecule has 0 bridgehead atoms. The summed E-state index contributed by atoms with van der Waals surface area (Å²) in [7, 11) is 0. The highest BCUT2D eigenvalue weighted by atomic mass is 16.5. The van der Waals surface area contributed by atoms with Gasteiger partial charge in [0.05, 0.1) is 5.60 Å². The number of nitrogens with one attached hydrogen (secondary N) is 1. The number of rotatable bonds is 8. The molecular formula is C12H25NO. The third-order valence-corrected chi connectivity index (χ3v) is 3.06. The summed E-state index contributed by atoms with van der Waals surface area (Å²) in [5, 5.41) is 3.46. The number of hydrogen-bond acceptors (Lipinski definition) is 2. The van der Waals surface area contributed by atoms with E-state index in [9.17, 15) is 0 Å². The molecule has 0 amide bonds. The van der Waals surface area contributed by atoms with E-state index < -0.39 is 0 Å². The van der Waals surface area contributed by atoms with Gasteiger partial charge >= 0.3 is 0 Å². The van der Waals surface area contributed by atoms with Crippen molar-refractivity contribution in [1.82, 2.24) is 5.32 Å². The molecule has 1 aliphatic carbocycles. The molecule has 84 valence electrons. The molecule has 1 saturated carbocycles. The molecule has 1 aliphatic rings. The second-order valence-corrected chi connectivity index (χ2v) is 4.39. The van der Waals surface area contributed by atoms with Crippen molar-refractivity contribution in [3.63, 3.8) is 0 Å². The smallest absolute Gasteiger partial charge is 0.0694 e. The molecule has 2 heteroatoms. The first-order chi connectivity index (χ1) is 6.83. The molecule has 1 rings (SSSR count). The number of ether oxygens (including phenoxy) is 1. The predicted molar refractivity (Wildman–Crippen MR) is 60.6 cm³/mol. The summed E-state index contributed by atoms with van der Waals surface area (Å²) in [5.41, 5.74) is 0.261. The monoisotopic (exact) mass is 199 g/mol. The average molecular weight is 199 g/mol. The third-order valence-electron chi connectivity index (χ3n) is 3.06. The van der Waals surface area contributed by atoms with Gasteiger partial charge in [0.15, 0.2) is 0 Å². The summed E-state index contributed by atoms with van der Waals surface area (Å²) >= 11 is 0. The van der Waals surface area contributed by atoms with E-state index in [1.807, 2.05) is 0 Å². The van der Waals surface area contributed by atoms with Gasteiger partial charge in [0.2, 0.25) is 0 Å². The van der Waals surface area contributed by atoms with Crippen LogP contribution < -0.4 is 5.32 Å². The summed E-state index contributed by atoms with van der Waals surface area (Å²) in [6, 6.07) is 0. The van der Waals surface area contributed by atoms with Crippen LogP contribution in [0.1, 0.15) is 52.4 Å². The van der Waals surface area contributed by atoms with Crippen LogP contribution >= 0.6 is 0 Å². The molecule has 14 heavy (non-hydrogen) atoms. The Morgan fingerprint density at radius 2 is 1.93 bits per heavy atom. The zero-order valence-electron chi connectivity index (χ0n) is 9.77. The zero-order chi connectivity index (χ0) is 10.3. The maximum Gasteiger partial charge on any atom is 0.0694 e. The molecule has 0 radical (unpaired) electrons. The van der Waals surface area contributed by atoms with Gasteiger partial charge in [-0.15, -0.1) is 0 Å². The first-order valence-corrected chi connectivity index (χ1v) is 6.17. The molecule has 0 spiro atoms. The van der Waals surface area contributed by atoms with Gasteiger partial charge in [0.25, 0.3) is 0 Å². The normalized spacial score (nSPS) is 19.3. The van der Waals surface area contributed by atoms with Crippen LogP contribution in [0.15, 0.2) is 0 Å². The predicted octanol–water partition coefficient (Wildman–Crippen LogP) is 2.73. The minimum Gasteiger partial charge on any atom is -0.375 e. The Morgan fingerprint density at radius 3 is 2.43 bits per heavy atom. The molecular weight excluding hydrogens is 174 g/mol. The minimum absolute atomic E-state index is 0.261. The van der Waals surface area contributed by atoms with E-state index in [0.717, 1.165) is 26.1 Å². The fraction of sp³-hybridized carbons (Fsp3) is 1.00. The standard InChI is InChI=1S/C12H25NO/c1-3-9-13-10-8-12(6-5-7-12)14-11-4-2/h13H,3-11H2,1-2H3. The minimum atomic E-state index is 0.261. The van der Waals surface area contributed by atoms with Crippen molar-refractivity contribution in [3.8, 4) is 0 Å². The lowest BCUT2D eigenvalue weighted by molar-refractivity contribution is -0.104. The van der Waals surface area contributed by atoms with Gasteiger partial charge in [0.1, 0.15) is 0 Å². The van der Waals surface area contributed by atoms with Crippen molar-refractivity contribution in [2.75, 3.05) is 19.7 Å². The van der Waals surface area contributed by atoms with Gasteiger partial charge in [-0.2, -0.15) is 0 Å². The van der Waals surface area contributed by atoms with Gasteiger partial charge in [0, 0.05) is 6.61 Å². The zero-order valence-corrected chi connectivity index (χ0v) is 9.77. The van der Waals surface area contributed by atoms with Crippen molar-refractivity contribution in [2.24, 2.45) is 0 Å². The van der Waals surface area contributed by atoms with Crippen LogP contribution in [0.25, 0.3) is 0 Å². The van der Waals surface area contributed by atoms with Crippen molar-refractivity contribution in [3.05, 3.63) is 0 Å². The van der Waals surface area contributed by atoms with Gasteiger partial charge < -0.3 is 10.1 Å². The Balaban J connectivity index is 2.10. The third kappa shape index (κ3) is 3.58. The SMILES string of the molecule is CCCNCCC1(OCCC)CCC1. The first kappa shape index (κ1) is 12.0. The quantitative estimate of drug-likeness (QED) is 0.607. The molecule has 0 aromatic rings. The Hall–Kier alpha value is -0.0800. The van der Waals surface area contributed by atoms with E-state index in [2.05, 4.69) is 19.2 Å². The molecule has 0 saturated heterocycles. The van der Waals surface area contributed by atoms with Gasteiger partial charge in [-0.1, -0.05) is 13.8 Å². The maximum atomic E-state index is 5.95. The Labute approximate surface area is 88.4 Å². The molecule has 1 fully saturated rings. The van der Waals surface area contributed by atoms with Crippen LogP contribution in [0.3, 0.4) is 0 Å². The molecule has 1 N–H and O–H groups in total. The van der Waals surface area contributed by atoms with E-state index in [-0.39, 0.29) is 5.60 Å². The lowest BCUT2D eigenvalue weighted by Crippen LogP contribution is -2.42.